The SMILES string of the molecule is CC(OC(=O)C1=Cc2cc(Cl)ccc2OC1)C(=O)NCC(=O)Nc1ccc(F)c(F)c1F. The molecular weight excluding hydrogens is 453 g/mol. The molecule has 0 spiro atoms. The number of carbonyl (C=O) groups excluding carboxylic acids is 3. The first-order chi connectivity index (χ1) is 15.2. The Labute approximate surface area is 185 Å². The standard InChI is InChI=1S/C21H16ClF3N2O5/c1-10(32-21(30)12-6-11-7-13(22)2-5-16(11)31-9-12)20(29)26-8-17(28)27-15-4-3-14(23)18(24)19(15)25/h2-7,10H,8-9H2,1H3,(H,26,29)(H,27,28). The van der Waals surface area contributed by atoms with Crippen molar-refractivity contribution in [1.29, 1.82) is 0 Å². The molecule has 0 aliphatic carbocycles. The Balaban J connectivity index is 1.52. The molecule has 0 fully saturated rings. The minimum absolute atomic E-state index is 0.0655. The Morgan fingerprint density at radius 3 is 2.66 bits per heavy atom. The summed E-state index contributed by atoms with van der Waals surface area (Å²) in [5.41, 5.74) is 0.146. The van der Waals surface area contributed by atoms with E-state index in [4.69, 9.17) is 21.1 Å². The summed E-state index contributed by atoms with van der Waals surface area (Å²) in [7, 11) is 0. The molecule has 0 saturated carbocycles. The normalized spacial score (nSPS) is 13.2. The number of rotatable bonds is 6. The molecular formula is C21H16ClF3N2O5. The number of hydrogen-bond donors (Lipinski definition) is 2. The van der Waals surface area contributed by atoms with Crippen LogP contribution in [0.15, 0.2) is 35.9 Å². The Kier molecular flexibility index (Phi) is 7.04. The first-order valence-electron chi connectivity index (χ1n) is 9.20. The molecule has 2 aromatic rings. The van der Waals surface area contributed by atoms with Crippen molar-refractivity contribution in [1.82, 2.24) is 5.32 Å². The van der Waals surface area contributed by atoms with Gasteiger partial charge in [-0.25, -0.2) is 18.0 Å². The van der Waals surface area contributed by atoms with Gasteiger partial charge in [0.1, 0.15) is 12.4 Å². The third kappa shape index (κ3) is 5.38. The number of nitrogens with one attached hydrogen (secondary N) is 2. The van der Waals surface area contributed by atoms with E-state index in [1.807, 2.05) is 5.32 Å². The van der Waals surface area contributed by atoms with Crippen LogP contribution in [-0.4, -0.2) is 37.0 Å². The molecule has 0 saturated heterocycles. The number of amides is 2. The maximum absolute atomic E-state index is 13.6. The minimum atomic E-state index is -1.74. The van der Waals surface area contributed by atoms with Crippen molar-refractivity contribution in [2.75, 3.05) is 18.5 Å². The molecule has 1 aliphatic heterocycles. The summed E-state index contributed by atoms with van der Waals surface area (Å²) < 4.78 is 50.2. The van der Waals surface area contributed by atoms with Gasteiger partial charge in [0.05, 0.1) is 17.8 Å². The second-order valence-electron chi connectivity index (χ2n) is 6.68. The summed E-state index contributed by atoms with van der Waals surface area (Å²) >= 11 is 5.92. The van der Waals surface area contributed by atoms with E-state index in [0.29, 0.717) is 22.4 Å². The Hall–Kier alpha value is -3.53. The molecule has 32 heavy (non-hydrogen) atoms. The highest BCUT2D eigenvalue weighted by atomic mass is 35.5. The van der Waals surface area contributed by atoms with Gasteiger partial charge in [0.25, 0.3) is 5.91 Å². The van der Waals surface area contributed by atoms with E-state index in [1.54, 1.807) is 18.2 Å². The highest BCUT2D eigenvalue weighted by Gasteiger charge is 2.24. The molecule has 0 bridgehead atoms. The molecule has 0 aromatic heterocycles. The van der Waals surface area contributed by atoms with Crippen LogP contribution in [0, 0.1) is 17.5 Å². The van der Waals surface area contributed by atoms with Gasteiger partial charge in [-0.2, -0.15) is 0 Å². The predicted octanol–water partition coefficient (Wildman–Crippen LogP) is 3.22. The molecule has 11 heteroatoms. The van der Waals surface area contributed by atoms with Gasteiger partial charge < -0.3 is 20.1 Å². The van der Waals surface area contributed by atoms with Crippen LogP contribution in [0.5, 0.6) is 5.75 Å². The van der Waals surface area contributed by atoms with Crippen LogP contribution in [0.2, 0.25) is 5.02 Å². The zero-order valence-corrected chi connectivity index (χ0v) is 17.3. The van der Waals surface area contributed by atoms with E-state index in [9.17, 15) is 27.6 Å². The number of carbonyl (C=O) groups is 3. The first-order valence-corrected chi connectivity index (χ1v) is 9.58. The van der Waals surface area contributed by atoms with Gasteiger partial charge in [-0.1, -0.05) is 11.6 Å². The van der Waals surface area contributed by atoms with Gasteiger partial charge in [-0.05, 0) is 43.3 Å². The average molecular weight is 469 g/mol. The lowest BCUT2D eigenvalue weighted by atomic mass is 10.1. The van der Waals surface area contributed by atoms with E-state index >= 15 is 0 Å². The van der Waals surface area contributed by atoms with Crippen molar-refractivity contribution >= 4 is 41.1 Å². The zero-order chi connectivity index (χ0) is 23.4. The fourth-order valence-corrected chi connectivity index (χ4v) is 2.86. The smallest absolute Gasteiger partial charge is 0.338 e. The van der Waals surface area contributed by atoms with Crippen LogP contribution in [0.1, 0.15) is 12.5 Å². The molecule has 7 nitrogen and oxygen atoms in total. The highest BCUT2D eigenvalue weighted by Crippen LogP contribution is 2.29. The van der Waals surface area contributed by atoms with E-state index in [0.717, 1.165) is 6.07 Å². The monoisotopic (exact) mass is 468 g/mol. The van der Waals surface area contributed by atoms with Gasteiger partial charge >= 0.3 is 5.97 Å². The summed E-state index contributed by atoms with van der Waals surface area (Å²) in [6, 6.07) is 6.38. The minimum Gasteiger partial charge on any atom is -0.488 e. The van der Waals surface area contributed by atoms with Gasteiger partial charge in [0, 0.05) is 10.6 Å². The predicted molar refractivity (Wildman–Crippen MR) is 108 cm³/mol. The summed E-state index contributed by atoms with van der Waals surface area (Å²) in [5, 5.41) is 4.64. The van der Waals surface area contributed by atoms with E-state index in [-0.39, 0.29) is 12.2 Å². The molecule has 1 atom stereocenters. The number of esters is 1. The number of hydrogen-bond acceptors (Lipinski definition) is 5. The lowest BCUT2D eigenvalue weighted by Crippen LogP contribution is -2.40. The molecule has 2 amide bonds. The van der Waals surface area contributed by atoms with Crippen molar-refractivity contribution in [3.8, 4) is 5.75 Å². The lowest BCUT2D eigenvalue weighted by molar-refractivity contribution is -0.151. The third-order valence-corrected chi connectivity index (χ3v) is 4.57. The van der Waals surface area contributed by atoms with Crippen LogP contribution >= 0.6 is 11.6 Å². The van der Waals surface area contributed by atoms with Gasteiger partial charge in [0.2, 0.25) is 5.91 Å². The van der Waals surface area contributed by atoms with Crippen molar-refractivity contribution < 1.29 is 37.0 Å². The highest BCUT2D eigenvalue weighted by molar-refractivity contribution is 6.30. The fraction of sp³-hybridized carbons (Fsp3) is 0.190. The van der Waals surface area contributed by atoms with Crippen LogP contribution in [0.25, 0.3) is 6.08 Å². The maximum Gasteiger partial charge on any atom is 0.338 e. The van der Waals surface area contributed by atoms with Crippen molar-refractivity contribution in [2.45, 2.75) is 13.0 Å². The Morgan fingerprint density at radius 2 is 1.91 bits per heavy atom. The maximum atomic E-state index is 13.6. The summed E-state index contributed by atoms with van der Waals surface area (Å²) in [6.45, 7) is 0.593. The van der Waals surface area contributed by atoms with E-state index in [2.05, 4.69) is 5.32 Å². The van der Waals surface area contributed by atoms with Gasteiger partial charge in [-0.3, -0.25) is 9.59 Å². The number of fused-ring (bicyclic) bond motifs is 1. The lowest BCUT2D eigenvalue weighted by Gasteiger charge is -2.19. The summed E-state index contributed by atoms with van der Waals surface area (Å²) in [5.74, 6) is -6.68. The van der Waals surface area contributed by atoms with Crippen molar-refractivity contribution in [2.24, 2.45) is 0 Å². The van der Waals surface area contributed by atoms with Crippen LogP contribution in [-0.2, 0) is 19.1 Å². The topological polar surface area (TPSA) is 93.7 Å². The molecule has 3 rings (SSSR count). The molecule has 2 aromatic carbocycles. The van der Waals surface area contributed by atoms with Crippen LogP contribution < -0.4 is 15.4 Å². The molecule has 0 radical (unpaired) electrons. The molecule has 168 valence electrons. The Morgan fingerprint density at radius 1 is 1.16 bits per heavy atom. The summed E-state index contributed by atoms with van der Waals surface area (Å²) in [6.07, 6.45) is 0.263. The van der Waals surface area contributed by atoms with Gasteiger partial charge in [0.15, 0.2) is 23.6 Å². The second-order valence-corrected chi connectivity index (χ2v) is 7.11. The second kappa shape index (κ2) is 9.73. The van der Waals surface area contributed by atoms with E-state index in [1.165, 1.54) is 13.0 Å². The van der Waals surface area contributed by atoms with Crippen LogP contribution in [0.3, 0.4) is 0 Å². The Bertz CT molecular complexity index is 1120. The third-order valence-electron chi connectivity index (χ3n) is 4.33. The molecule has 2 N–H and O–H groups in total. The summed E-state index contributed by atoms with van der Waals surface area (Å²) in [4.78, 5) is 36.3. The van der Waals surface area contributed by atoms with Gasteiger partial charge in [-0.15, -0.1) is 0 Å². The number of ether oxygens (including phenoxy) is 2. The van der Waals surface area contributed by atoms with Crippen molar-refractivity contribution in [3.63, 3.8) is 0 Å². The number of halogens is 4. The average Bonchev–Trinajstić information content (AvgIpc) is 2.77. The number of anilines is 1. The molecule has 1 unspecified atom stereocenters. The molecule has 1 heterocycles. The van der Waals surface area contributed by atoms with Crippen LogP contribution in [0.4, 0.5) is 18.9 Å². The van der Waals surface area contributed by atoms with Crippen molar-refractivity contribution in [3.05, 3.63) is 63.9 Å². The molecule has 1 aliphatic rings. The number of benzene rings is 2. The van der Waals surface area contributed by atoms with E-state index < -0.39 is 53.6 Å². The zero-order valence-electron chi connectivity index (χ0n) is 16.5. The largest absolute Gasteiger partial charge is 0.488 e. The first kappa shape index (κ1) is 23.1. The quantitative estimate of drug-likeness (QED) is 0.501. The fourth-order valence-electron chi connectivity index (χ4n) is 2.68.